The molecule has 1 aromatic heterocycles. The van der Waals surface area contributed by atoms with Crippen LogP contribution in [-0.2, 0) is 18.0 Å². The molecule has 0 aromatic carbocycles. The van der Waals surface area contributed by atoms with E-state index in [-0.39, 0.29) is 5.69 Å². The van der Waals surface area contributed by atoms with Crippen molar-refractivity contribution in [1.29, 1.82) is 0 Å². The minimum Gasteiger partial charge on any atom is -0.370 e. The molecule has 0 spiro atoms. The molecular weight excluding hydrogens is 160 g/mol. The van der Waals surface area contributed by atoms with Gasteiger partial charge in [-0.15, -0.1) is 0 Å². The van der Waals surface area contributed by atoms with Gasteiger partial charge in [-0.2, -0.15) is 4.98 Å². The molecular formula is C7H6N2O3. The predicted molar refractivity (Wildman–Crippen MR) is 38.7 cm³/mol. The van der Waals surface area contributed by atoms with Crippen LogP contribution in [0.25, 0.3) is 0 Å². The van der Waals surface area contributed by atoms with Gasteiger partial charge in [-0.3, -0.25) is 4.79 Å². The van der Waals surface area contributed by atoms with Crippen LogP contribution in [0.2, 0.25) is 0 Å². The number of fused-ring (bicyclic) bond motifs is 1. The number of rotatable bonds is 1. The molecule has 0 aliphatic carbocycles. The van der Waals surface area contributed by atoms with Crippen molar-refractivity contribution in [3.63, 3.8) is 0 Å². The minimum atomic E-state index is -0.499. The maximum atomic E-state index is 10.8. The highest BCUT2D eigenvalue weighted by atomic mass is 16.5. The van der Waals surface area contributed by atoms with Gasteiger partial charge in [-0.1, -0.05) is 0 Å². The van der Waals surface area contributed by atoms with Crippen molar-refractivity contribution in [1.82, 2.24) is 9.97 Å². The number of hydrogen-bond acceptors (Lipinski definition) is 4. The predicted octanol–water partition coefficient (Wildman–Crippen LogP) is -0.387. The molecule has 0 bridgehead atoms. The van der Waals surface area contributed by atoms with E-state index in [0.717, 1.165) is 0 Å². The summed E-state index contributed by atoms with van der Waals surface area (Å²) >= 11 is 0. The summed E-state index contributed by atoms with van der Waals surface area (Å²) in [7, 11) is 0. The molecule has 1 aliphatic heterocycles. The smallest absolute Gasteiger partial charge is 0.345 e. The van der Waals surface area contributed by atoms with Gasteiger partial charge in [0.15, 0.2) is 6.29 Å². The third-order valence-electron chi connectivity index (χ3n) is 1.76. The average molecular weight is 166 g/mol. The first kappa shape index (κ1) is 7.17. The summed E-state index contributed by atoms with van der Waals surface area (Å²) in [5.41, 5.74) is 1.05. The van der Waals surface area contributed by atoms with Crippen molar-refractivity contribution in [2.75, 3.05) is 0 Å². The van der Waals surface area contributed by atoms with Crippen LogP contribution in [0.1, 0.15) is 21.7 Å². The molecule has 0 radical (unpaired) electrons. The minimum absolute atomic E-state index is 0.186. The van der Waals surface area contributed by atoms with Gasteiger partial charge in [0.25, 0.3) is 0 Å². The van der Waals surface area contributed by atoms with Crippen LogP contribution in [0.4, 0.5) is 0 Å². The number of aromatic amines is 1. The monoisotopic (exact) mass is 166 g/mol. The number of carbonyl (C=O) groups excluding carboxylic acids is 1. The number of aromatic nitrogens is 2. The number of ether oxygens (including phenoxy) is 1. The topological polar surface area (TPSA) is 72.0 Å². The molecule has 0 unspecified atom stereocenters. The molecule has 2 rings (SSSR count). The lowest BCUT2D eigenvalue weighted by molar-refractivity contribution is 0.111. The molecule has 0 saturated carbocycles. The first-order valence-corrected chi connectivity index (χ1v) is 3.46. The molecule has 0 saturated heterocycles. The van der Waals surface area contributed by atoms with E-state index in [9.17, 15) is 9.59 Å². The van der Waals surface area contributed by atoms with Crippen LogP contribution in [0.5, 0.6) is 0 Å². The van der Waals surface area contributed by atoms with Gasteiger partial charge in [-0.25, -0.2) is 4.79 Å². The Labute approximate surface area is 67.4 Å². The van der Waals surface area contributed by atoms with Crippen LogP contribution < -0.4 is 5.69 Å². The molecule has 62 valence electrons. The highest BCUT2D eigenvalue weighted by Gasteiger charge is 2.17. The summed E-state index contributed by atoms with van der Waals surface area (Å²) in [4.78, 5) is 27.3. The van der Waals surface area contributed by atoms with E-state index < -0.39 is 5.69 Å². The zero-order valence-electron chi connectivity index (χ0n) is 6.16. The van der Waals surface area contributed by atoms with Crippen LogP contribution >= 0.6 is 0 Å². The Morgan fingerprint density at radius 3 is 3.08 bits per heavy atom. The number of nitrogens with zero attached hydrogens (tertiary/aromatic N) is 1. The number of nitrogens with one attached hydrogen (secondary N) is 1. The lowest BCUT2D eigenvalue weighted by atomic mass is 10.2. The van der Waals surface area contributed by atoms with Crippen molar-refractivity contribution < 1.29 is 9.53 Å². The lowest BCUT2D eigenvalue weighted by Crippen LogP contribution is -2.16. The van der Waals surface area contributed by atoms with E-state index in [1.165, 1.54) is 0 Å². The fraction of sp³-hybridized carbons (Fsp3) is 0.286. The number of H-pyrrole nitrogens is 1. The Kier molecular flexibility index (Phi) is 1.51. The number of aldehydes is 1. The second-order valence-corrected chi connectivity index (χ2v) is 2.49. The van der Waals surface area contributed by atoms with E-state index in [1.54, 1.807) is 0 Å². The van der Waals surface area contributed by atoms with Gasteiger partial charge in [-0.05, 0) is 0 Å². The van der Waals surface area contributed by atoms with Crippen LogP contribution in [0.15, 0.2) is 4.79 Å². The summed E-state index contributed by atoms with van der Waals surface area (Å²) < 4.78 is 5.04. The van der Waals surface area contributed by atoms with Crippen molar-refractivity contribution in [2.24, 2.45) is 0 Å². The molecule has 0 fully saturated rings. The zero-order valence-corrected chi connectivity index (χ0v) is 6.16. The Morgan fingerprint density at radius 1 is 1.50 bits per heavy atom. The SMILES string of the molecule is O=Cc1nc(=O)[nH]c2c1COC2. The first-order valence-electron chi connectivity index (χ1n) is 3.46. The molecule has 0 amide bonds. The Balaban J connectivity index is 2.70. The quantitative estimate of drug-likeness (QED) is 0.577. The van der Waals surface area contributed by atoms with Crippen molar-refractivity contribution in [2.45, 2.75) is 13.2 Å². The molecule has 2 heterocycles. The third kappa shape index (κ3) is 0.947. The molecule has 1 aliphatic rings. The molecule has 5 heteroatoms. The van der Waals surface area contributed by atoms with E-state index in [2.05, 4.69) is 9.97 Å². The highest BCUT2D eigenvalue weighted by Crippen LogP contribution is 2.16. The van der Waals surface area contributed by atoms with Gasteiger partial charge in [0.05, 0.1) is 18.9 Å². The van der Waals surface area contributed by atoms with E-state index in [1.807, 2.05) is 0 Å². The molecule has 1 aromatic rings. The summed E-state index contributed by atoms with van der Waals surface area (Å²) in [6, 6.07) is 0. The standard InChI is InChI=1S/C7H6N2O3/c10-1-5-4-2-12-3-6(4)9-7(11)8-5/h1H,2-3H2,(H,8,9,11). The van der Waals surface area contributed by atoms with Gasteiger partial charge in [0.1, 0.15) is 5.69 Å². The fourth-order valence-electron chi connectivity index (χ4n) is 1.20. The van der Waals surface area contributed by atoms with Gasteiger partial charge in [0.2, 0.25) is 0 Å². The fourth-order valence-corrected chi connectivity index (χ4v) is 1.20. The number of hydrogen-bond donors (Lipinski definition) is 1. The van der Waals surface area contributed by atoms with E-state index >= 15 is 0 Å². The zero-order chi connectivity index (χ0) is 8.55. The average Bonchev–Trinajstić information content (AvgIpc) is 2.50. The third-order valence-corrected chi connectivity index (χ3v) is 1.76. The number of carbonyl (C=O) groups is 1. The van der Waals surface area contributed by atoms with Gasteiger partial charge < -0.3 is 9.72 Å². The maximum Gasteiger partial charge on any atom is 0.345 e. The van der Waals surface area contributed by atoms with Gasteiger partial charge >= 0.3 is 5.69 Å². The normalized spacial score (nSPS) is 14.3. The van der Waals surface area contributed by atoms with E-state index in [0.29, 0.717) is 30.8 Å². The Bertz CT molecular complexity index is 383. The maximum absolute atomic E-state index is 10.8. The Hall–Kier alpha value is -1.49. The first-order chi connectivity index (χ1) is 5.81. The van der Waals surface area contributed by atoms with E-state index in [4.69, 9.17) is 4.74 Å². The van der Waals surface area contributed by atoms with Crippen molar-refractivity contribution >= 4 is 6.29 Å². The second-order valence-electron chi connectivity index (χ2n) is 2.49. The van der Waals surface area contributed by atoms with Crippen LogP contribution in [0, 0.1) is 0 Å². The Morgan fingerprint density at radius 2 is 2.33 bits per heavy atom. The largest absolute Gasteiger partial charge is 0.370 e. The van der Waals surface area contributed by atoms with Gasteiger partial charge in [0, 0.05) is 5.56 Å². The molecule has 5 nitrogen and oxygen atoms in total. The van der Waals surface area contributed by atoms with Crippen molar-refractivity contribution in [3.8, 4) is 0 Å². The molecule has 0 atom stereocenters. The summed E-state index contributed by atoms with van der Waals surface area (Å²) in [5, 5.41) is 0. The lowest BCUT2D eigenvalue weighted by Gasteiger charge is -1.96. The van der Waals surface area contributed by atoms with Crippen LogP contribution in [-0.4, -0.2) is 16.3 Å². The summed E-state index contributed by atoms with van der Waals surface area (Å²) in [5.74, 6) is 0. The molecule has 1 N–H and O–H groups in total. The highest BCUT2D eigenvalue weighted by molar-refractivity contribution is 5.74. The second kappa shape index (κ2) is 2.53. The van der Waals surface area contributed by atoms with Crippen LogP contribution in [0.3, 0.4) is 0 Å². The summed E-state index contributed by atoms with van der Waals surface area (Å²) in [6.45, 7) is 0.709. The molecule has 12 heavy (non-hydrogen) atoms. The summed E-state index contributed by atoms with van der Waals surface area (Å²) in [6.07, 6.45) is 0.572. The van der Waals surface area contributed by atoms with Crippen molar-refractivity contribution in [3.05, 3.63) is 27.4 Å².